The van der Waals surface area contributed by atoms with Crippen LogP contribution in [0.3, 0.4) is 0 Å². The Morgan fingerprint density at radius 3 is 2.47 bits per heavy atom. The topological polar surface area (TPSA) is 59.6 Å². The summed E-state index contributed by atoms with van der Waals surface area (Å²) in [6, 6.07) is 3.53. The molecule has 8 heteroatoms. The predicted molar refractivity (Wildman–Crippen MR) is 62.6 cm³/mol. The molecule has 106 valence electrons. The van der Waals surface area contributed by atoms with Crippen LogP contribution in [0.1, 0.15) is 0 Å². The lowest BCUT2D eigenvalue weighted by Crippen LogP contribution is -2.36. The van der Waals surface area contributed by atoms with Crippen molar-refractivity contribution < 1.29 is 27.4 Å². The Hall–Kier alpha value is -2.12. The third kappa shape index (κ3) is 4.94. The summed E-state index contributed by atoms with van der Waals surface area (Å²) in [5.74, 6) is 0.777. The van der Waals surface area contributed by atoms with Gasteiger partial charge in [-0.15, -0.1) is 0 Å². The van der Waals surface area contributed by atoms with Gasteiger partial charge in [-0.1, -0.05) is 0 Å². The van der Waals surface area contributed by atoms with Gasteiger partial charge in [-0.2, -0.15) is 13.2 Å². The van der Waals surface area contributed by atoms with E-state index in [2.05, 4.69) is 5.32 Å². The molecule has 1 aromatic rings. The smallest absolute Gasteiger partial charge is 0.405 e. The summed E-state index contributed by atoms with van der Waals surface area (Å²) in [6.45, 7) is -1.41. The van der Waals surface area contributed by atoms with Crippen LogP contribution in [0.2, 0.25) is 0 Å². The molecule has 0 heterocycles. The van der Waals surface area contributed by atoms with Crippen LogP contribution in [-0.4, -0.2) is 33.0 Å². The minimum absolute atomic E-state index is 0.239. The molecule has 1 rings (SSSR count). The second-order valence-corrected chi connectivity index (χ2v) is 3.49. The van der Waals surface area contributed by atoms with E-state index in [4.69, 9.17) is 9.47 Å². The number of urea groups is 1. The Kier molecular flexibility index (Phi) is 4.85. The maximum Gasteiger partial charge on any atom is 0.405 e. The molecule has 5 nitrogen and oxygen atoms in total. The molecule has 0 radical (unpaired) electrons. The lowest BCUT2D eigenvalue weighted by molar-refractivity contribution is -0.122. The number of carbonyl (C=O) groups is 1. The van der Waals surface area contributed by atoms with Crippen molar-refractivity contribution >= 4 is 11.7 Å². The number of carbonyl (C=O) groups excluding carboxylic acids is 1. The highest BCUT2D eigenvalue weighted by Gasteiger charge is 2.27. The molecular formula is C11H13F3N2O3. The van der Waals surface area contributed by atoms with E-state index in [0.29, 0.717) is 5.75 Å². The first-order valence-corrected chi connectivity index (χ1v) is 5.19. The van der Waals surface area contributed by atoms with Crippen molar-refractivity contribution in [2.45, 2.75) is 6.18 Å². The molecule has 1 aromatic carbocycles. The van der Waals surface area contributed by atoms with Crippen LogP contribution >= 0.6 is 0 Å². The van der Waals surface area contributed by atoms with Crippen molar-refractivity contribution in [3.05, 3.63) is 18.2 Å². The van der Waals surface area contributed by atoms with Gasteiger partial charge in [0.25, 0.3) is 0 Å². The Morgan fingerprint density at radius 2 is 1.95 bits per heavy atom. The third-order valence-corrected chi connectivity index (χ3v) is 2.11. The van der Waals surface area contributed by atoms with Crippen molar-refractivity contribution in [1.82, 2.24) is 5.32 Å². The van der Waals surface area contributed by atoms with E-state index in [1.807, 2.05) is 0 Å². The summed E-state index contributed by atoms with van der Waals surface area (Å²) in [7, 11) is 2.82. The molecule has 2 amide bonds. The Bertz CT molecular complexity index is 449. The fourth-order valence-electron chi connectivity index (χ4n) is 1.25. The number of benzene rings is 1. The molecular weight excluding hydrogens is 265 g/mol. The van der Waals surface area contributed by atoms with Gasteiger partial charge >= 0.3 is 12.2 Å². The molecule has 0 fully saturated rings. The number of hydrogen-bond donors (Lipinski definition) is 2. The Morgan fingerprint density at radius 1 is 1.26 bits per heavy atom. The third-order valence-electron chi connectivity index (χ3n) is 2.11. The molecule has 0 spiro atoms. The van der Waals surface area contributed by atoms with Gasteiger partial charge in [0.1, 0.15) is 18.0 Å². The first-order valence-electron chi connectivity index (χ1n) is 5.19. The number of alkyl halides is 3. The predicted octanol–water partition coefficient (Wildman–Crippen LogP) is 2.39. The number of nitrogens with one attached hydrogen (secondary N) is 2. The van der Waals surface area contributed by atoms with Crippen molar-refractivity contribution in [2.24, 2.45) is 0 Å². The minimum Gasteiger partial charge on any atom is -0.497 e. The van der Waals surface area contributed by atoms with Gasteiger partial charge in [-0.3, -0.25) is 0 Å². The zero-order valence-electron chi connectivity index (χ0n) is 10.3. The highest BCUT2D eigenvalue weighted by Crippen LogP contribution is 2.28. The quantitative estimate of drug-likeness (QED) is 0.889. The summed E-state index contributed by atoms with van der Waals surface area (Å²) in [5.41, 5.74) is 0.239. The van der Waals surface area contributed by atoms with E-state index in [0.717, 1.165) is 0 Å². The molecule has 0 aliphatic rings. The SMILES string of the molecule is COc1ccc(NC(=O)NCC(F)(F)F)c(OC)c1. The lowest BCUT2D eigenvalue weighted by atomic mass is 10.2. The second-order valence-electron chi connectivity index (χ2n) is 3.49. The van der Waals surface area contributed by atoms with Gasteiger partial charge in [-0.25, -0.2) is 4.79 Å². The number of amides is 2. The fraction of sp³-hybridized carbons (Fsp3) is 0.364. The molecule has 0 saturated heterocycles. The lowest BCUT2D eigenvalue weighted by Gasteiger charge is -2.13. The normalized spacial score (nSPS) is 10.8. The van der Waals surface area contributed by atoms with E-state index in [9.17, 15) is 18.0 Å². The molecule has 0 unspecified atom stereocenters. The van der Waals surface area contributed by atoms with E-state index in [1.54, 1.807) is 11.4 Å². The second kappa shape index (κ2) is 6.17. The highest BCUT2D eigenvalue weighted by molar-refractivity contribution is 5.91. The van der Waals surface area contributed by atoms with Gasteiger partial charge in [0.05, 0.1) is 19.9 Å². The van der Waals surface area contributed by atoms with Crippen molar-refractivity contribution in [1.29, 1.82) is 0 Å². The molecule has 0 aromatic heterocycles. The highest BCUT2D eigenvalue weighted by atomic mass is 19.4. The van der Waals surface area contributed by atoms with Crippen molar-refractivity contribution in [3.8, 4) is 11.5 Å². The van der Waals surface area contributed by atoms with Crippen LogP contribution in [0, 0.1) is 0 Å². The van der Waals surface area contributed by atoms with Gasteiger partial charge in [0.2, 0.25) is 0 Å². The first kappa shape index (κ1) is 14.9. The number of halogens is 3. The molecule has 2 N–H and O–H groups in total. The number of ether oxygens (including phenoxy) is 2. The zero-order chi connectivity index (χ0) is 14.5. The van der Waals surface area contributed by atoms with Gasteiger partial charge in [0, 0.05) is 6.07 Å². The van der Waals surface area contributed by atoms with Gasteiger partial charge in [0.15, 0.2) is 0 Å². The number of anilines is 1. The van der Waals surface area contributed by atoms with Crippen LogP contribution in [0.15, 0.2) is 18.2 Å². The zero-order valence-corrected chi connectivity index (χ0v) is 10.3. The van der Waals surface area contributed by atoms with Crippen LogP contribution in [0.4, 0.5) is 23.7 Å². The summed E-state index contributed by atoms with van der Waals surface area (Å²) in [5, 5.41) is 3.94. The van der Waals surface area contributed by atoms with Gasteiger partial charge < -0.3 is 20.1 Å². The number of rotatable bonds is 4. The van der Waals surface area contributed by atoms with E-state index >= 15 is 0 Å². The molecule has 0 aliphatic carbocycles. The summed E-state index contributed by atoms with van der Waals surface area (Å²) in [4.78, 5) is 11.3. The fourth-order valence-corrected chi connectivity index (χ4v) is 1.25. The van der Waals surface area contributed by atoms with Crippen LogP contribution < -0.4 is 20.1 Å². The van der Waals surface area contributed by atoms with Crippen molar-refractivity contribution in [2.75, 3.05) is 26.1 Å². The van der Waals surface area contributed by atoms with Crippen molar-refractivity contribution in [3.63, 3.8) is 0 Å². The van der Waals surface area contributed by atoms with Crippen LogP contribution in [0.5, 0.6) is 11.5 Å². The van der Waals surface area contributed by atoms with Crippen LogP contribution in [0.25, 0.3) is 0 Å². The molecule has 0 saturated carbocycles. The largest absolute Gasteiger partial charge is 0.497 e. The van der Waals surface area contributed by atoms with E-state index in [-0.39, 0.29) is 11.4 Å². The maximum absolute atomic E-state index is 11.9. The maximum atomic E-state index is 11.9. The monoisotopic (exact) mass is 278 g/mol. The van der Waals surface area contributed by atoms with Crippen LogP contribution in [-0.2, 0) is 0 Å². The standard InChI is InChI=1S/C11H13F3N2O3/c1-18-7-3-4-8(9(5-7)19-2)16-10(17)15-6-11(12,13)14/h3-5H,6H2,1-2H3,(H2,15,16,17). The average molecular weight is 278 g/mol. The summed E-state index contributed by atoms with van der Waals surface area (Å²) < 4.78 is 45.7. The van der Waals surface area contributed by atoms with E-state index in [1.165, 1.54) is 26.4 Å². The molecule has 0 aliphatic heterocycles. The molecule has 19 heavy (non-hydrogen) atoms. The Labute approximate surface area is 107 Å². The molecule has 0 atom stereocenters. The number of methoxy groups -OCH3 is 2. The van der Waals surface area contributed by atoms with Gasteiger partial charge in [-0.05, 0) is 12.1 Å². The number of hydrogen-bond acceptors (Lipinski definition) is 3. The average Bonchev–Trinajstić information content (AvgIpc) is 2.36. The van der Waals surface area contributed by atoms with E-state index < -0.39 is 18.8 Å². The minimum atomic E-state index is -4.46. The Balaban J connectivity index is 2.68. The summed E-state index contributed by atoms with van der Waals surface area (Å²) >= 11 is 0. The summed E-state index contributed by atoms with van der Waals surface area (Å²) in [6.07, 6.45) is -4.46. The first-order chi connectivity index (χ1) is 8.85. The molecule has 0 bridgehead atoms.